The summed E-state index contributed by atoms with van der Waals surface area (Å²) in [6.07, 6.45) is 4.15. The molecule has 26 heavy (non-hydrogen) atoms. The molecule has 0 bridgehead atoms. The first-order chi connectivity index (χ1) is 12.6. The Bertz CT molecular complexity index is 783. The third kappa shape index (κ3) is 2.09. The second kappa shape index (κ2) is 5.35. The Morgan fingerprint density at radius 2 is 1.12 bits per heavy atom. The molecule has 0 saturated heterocycles. The molecule has 3 heteroatoms. The van der Waals surface area contributed by atoms with Crippen molar-refractivity contribution in [3.05, 3.63) is 59.7 Å². The summed E-state index contributed by atoms with van der Waals surface area (Å²) in [4.78, 5) is 13.4. The van der Waals surface area contributed by atoms with Crippen LogP contribution in [-0.4, -0.2) is 20.0 Å². The molecule has 3 nitrogen and oxygen atoms in total. The molecule has 2 spiro atoms. The Kier molecular flexibility index (Phi) is 3.28. The number of hydrogen-bond donors (Lipinski definition) is 0. The highest BCUT2D eigenvalue weighted by Gasteiger charge is 2.75. The van der Waals surface area contributed by atoms with Crippen LogP contribution in [0.4, 0.5) is 0 Å². The molecule has 3 fully saturated rings. The molecule has 0 N–H and O–H groups in total. The van der Waals surface area contributed by atoms with Gasteiger partial charge in [-0.05, 0) is 72.9 Å². The molecule has 2 aromatic carbocycles. The van der Waals surface area contributed by atoms with Crippen molar-refractivity contribution < 1.29 is 14.3 Å². The van der Waals surface area contributed by atoms with E-state index >= 15 is 0 Å². The van der Waals surface area contributed by atoms with E-state index in [4.69, 9.17) is 9.47 Å². The van der Waals surface area contributed by atoms with Crippen LogP contribution in [0.3, 0.4) is 0 Å². The fourth-order valence-electron chi connectivity index (χ4n) is 5.38. The predicted molar refractivity (Wildman–Crippen MR) is 99.8 cm³/mol. The van der Waals surface area contributed by atoms with E-state index in [1.165, 1.54) is 11.1 Å². The van der Waals surface area contributed by atoms with Crippen LogP contribution >= 0.6 is 0 Å². The summed E-state index contributed by atoms with van der Waals surface area (Å²) in [5.41, 5.74) is 2.40. The lowest BCUT2D eigenvalue weighted by atomic mass is 9.91. The lowest BCUT2D eigenvalue weighted by Gasteiger charge is -2.12. The van der Waals surface area contributed by atoms with Crippen molar-refractivity contribution >= 4 is 5.78 Å². The van der Waals surface area contributed by atoms with Gasteiger partial charge in [-0.2, -0.15) is 0 Å². The second-order valence-electron chi connectivity index (χ2n) is 8.20. The third-order valence-electron chi connectivity index (χ3n) is 7.11. The number of rotatable bonds is 4. The Hall–Kier alpha value is -2.29. The van der Waals surface area contributed by atoms with Crippen molar-refractivity contribution in [3.8, 4) is 11.5 Å². The van der Waals surface area contributed by atoms with Gasteiger partial charge in [-0.25, -0.2) is 0 Å². The number of Topliss-reactive ketones (excluding diaryl/α,β-unsaturated/α-hetero) is 1. The molecule has 0 heterocycles. The lowest BCUT2D eigenvalue weighted by Crippen LogP contribution is -2.19. The van der Waals surface area contributed by atoms with E-state index in [0.717, 1.165) is 37.2 Å². The van der Waals surface area contributed by atoms with E-state index in [0.29, 0.717) is 17.6 Å². The van der Waals surface area contributed by atoms with Crippen molar-refractivity contribution in [2.45, 2.75) is 37.5 Å². The van der Waals surface area contributed by atoms with Gasteiger partial charge in [0, 0.05) is 10.8 Å². The third-order valence-corrected chi connectivity index (χ3v) is 7.11. The van der Waals surface area contributed by atoms with E-state index in [-0.39, 0.29) is 10.8 Å². The zero-order chi connectivity index (χ0) is 17.9. The molecule has 5 rings (SSSR count). The van der Waals surface area contributed by atoms with Crippen molar-refractivity contribution in [2.75, 3.05) is 14.2 Å². The Morgan fingerprint density at radius 3 is 1.46 bits per heavy atom. The summed E-state index contributed by atoms with van der Waals surface area (Å²) in [6.45, 7) is 0. The minimum absolute atomic E-state index is 0.0875. The highest BCUT2D eigenvalue weighted by molar-refractivity contribution is 5.99. The zero-order valence-corrected chi connectivity index (χ0v) is 15.3. The molecule has 134 valence electrons. The van der Waals surface area contributed by atoms with Gasteiger partial charge in [0.1, 0.15) is 17.3 Å². The van der Waals surface area contributed by atoms with E-state index in [1.807, 2.05) is 24.3 Å². The molecule has 0 unspecified atom stereocenters. The number of ketones is 1. The number of methoxy groups -OCH3 is 2. The minimum atomic E-state index is -0.0875. The topological polar surface area (TPSA) is 35.5 Å². The first kappa shape index (κ1) is 15.9. The highest BCUT2D eigenvalue weighted by Crippen LogP contribution is 2.78. The average Bonchev–Trinajstić information content (AvgIpc) is 3.58. The zero-order valence-electron chi connectivity index (χ0n) is 15.3. The van der Waals surface area contributed by atoms with Crippen LogP contribution in [-0.2, 0) is 4.79 Å². The van der Waals surface area contributed by atoms with Gasteiger partial charge < -0.3 is 9.47 Å². The molecule has 3 aliphatic rings. The normalized spacial score (nSPS) is 34.3. The monoisotopic (exact) mass is 348 g/mol. The fraction of sp³-hybridized carbons (Fsp3) is 0.435. The average molecular weight is 348 g/mol. The van der Waals surface area contributed by atoms with Crippen molar-refractivity contribution in [3.63, 3.8) is 0 Å². The summed E-state index contributed by atoms with van der Waals surface area (Å²) in [7, 11) is 3.37. The molecular formula is C23H24O3. The van der Waals surface area contributed by atoms with Gasteiger partial charge in [0.05, 0.1) is 14.2 Å². The van der Waals surface area contributed by atoms with Gasteiger partial charge in [-0.3, -0.25) is 4.79 Å². The van der Waals surface area contributed by atoms with Gasteiger partial charge in [-0.15, -0.1) is 0 Å². The highest BCUT2D eigenvalue weighted by atomic mass is 16.5. The molecule has 0 aliphatic heterocycles. The molecule has 2 aromatic rings. The summed E-state index contributed by atoms with van der Waals surface area (Å²) in [6, 6.07) is 16.5. The number of benzene rings is 2. The van der Waals surface area contributed by atoms with E-state index in [9.17, 15) is 4.79 Å². The summed E-state index contributed by atoms with van der Waals surface area (Å²) >= 11 is 0. The standard InChI is InChI=1S/C23H24O3/c1-25-17-7-3-15(4-8-17)19-13-22(19)11-12-23(21(22)24)14-20(23)16-5-9-18(26-2)10-6-16/h3-10,19-20H,11-14H2,1-2H3/t19-,20+,22-,23-/m1/s1. The molecule has 3 aliphatic carbocycles. The molecular weight excluding hydrogens is 324 g/mol. The molecule has 4 atom stereocenters. The SMILES string of the molecule is COc1ccc([C@H]2C[C@]23CC[C@]2(C[C@H]2c2ccc(OC)cc2)C3=O)cc1. The molecule has 0 radical (unpaired) electrons. The maximum Gasteiger partial charge on any atom is 0.146 e. The first-order valence-corrected chi connectivity index (χ1v) is 9.46. The Balaban J connectivity index is 1.35. The van der Waals surface area contributed by atoms with Gasteiger partial charge in [-0.1, -0.05) is 24.3 Å². The van der Waals surface area contributed by atoms with Crippen LogP contribution in [0.5, 0.6) is 11.5 Å². The summed E-state index contributed by atoms with van der Waals surface area (Å²) in [5, 5.41) is 0. The second-order valence-corrected chi connectivity index (χ2v) is 8.20. The molecule has 0 amide bonds. The maximum atomic E-state index is 13.4. The Morgan fingerprint density at radius 1 is 0.731 bits per heavy atom. The van der Waals surface area contributed by atoms with E-state index in [2.05, 4.69) is 24.3 Å². The van der Waals surface area contributed by atoms with Gasteiger partial charge in [0.25, 0.3) is 0 Å². The molecule has 0 aromatic heterocycles. The van der Waals surface area contributed by atoms with Crippen molar-refractivity contribution in [1.82, 2.24) is 0 Å². The fourth-order valence-corrected chi connectivity index (χ4v) is 5.38. The van der Waals surface area contributed by atoms with Crippen LogP contribution in [0, 0.1) is 10.8 Å². The smallest absolute Gasteiger partial charge is 0.146 e. The quantitative estimate of drug-likeness (QED) is 0.802. The molecule has 3 saturated carbocycles. The van der Waals surface area contributed by atoms with Crippen LogP contribution in [0.25, 0.3) is 0 Å². The predicted octanol–water partition coefficient (Wildman–Crippen LogP) is 4.71. The summed E-state index contributed by atoms with van der Waals surface area (Å²) in [5.74, 6) is 3.08. The largest absolute Gasteiger partial charge is 0.497 e. The number of ether oxygens (including phenoxy) is 2. The van der Waals surface area contributed by atoms with E-state index < -0.39 is 0 Å². The van der Waals surface area contributed by atoms with E-state index in [1.54, 1.807) is 14.2 Å². The maximum absolute atomic E-state index is 13.4. The van der Waals surface area contributed by atoms with Crippen LogP contribution in [0.2, 0.25) is 0 Å². The number of carbonyl (C=O) groups excluding carboxylic acids is 1. The van der Waals surface area contributed by atoms with Crippen LogP contribution in [0.1, 0.15) is 48.6 Å². The lowest BCUT2D eigenvalue weighted by molar-refractivity contribution is -0.126. The minimum Gasteiger partial charge on any atom is -0.497 e. The van der Waals surface area contributed by atoms with Crippen molar-refractivity contribution in [2.24, 2.45) is 10.8 Å². The first-order valence-electron chi connectivity index (χ1n) is 9.46. The number of carbonyl (C=O) groups is 1. The number of hydrogen-bond acceptors (Lipinski definition) is 3. The van der Waals surface area contributed by atoms with Crippen LogP contribution < -0.4 is 9.47 Å². The summed E-state index contributed by atoms with van der Waals surface area (Å²) < 4.78 is 10.5. The van der Waals surface area contributed by atoms with Gasteiger partial charge in [0.15, 0.2) is 0 Å². The Labute approximate surface area is 154 Å². The van der Waals surface area contributed by atoms with Gasteiger partial charge >= 0.3 is 0 Å². The van der Waals surface area contributed by atoms with Crippen LogP contribution in [0.15, 0.2) is 48.5 Å². The van der Waals surface area contributed by atoms with Crippen molar-refractivity contribution in [1.29, 1.82) is 0 Å². The van der Waals surface area contributed by atoms with Gasteiger partial charge in [0.2, 0.25) is 0 Å².